The molecule has 1 aromatic heterocycles. The largest absolute Gasteiger partial charge is 0.308 e. The van der Waals surface area contributed by atoms with Crippen molar-refractivity contribution in [3.63, 3.8) is 0 Å². The molecule has 0 aliphatic carbocycles. The van der Waals surface area contributed by atoms with Gasteiger partial charge in [-0.25, -0.2) is 8.78 Å². The van der Waals surface area contributed by atoms with Crippen LogP contribution in [0.2, 0.25) is 0 Å². The van der Waals surface area contributed by atoms with Gasteiger partial charge in [0.15, 0.2) is 17.5 Å². The molecule has 0 saturated carbocycles. The molecule has 1 N–H and O–H groups in total. The van der Waals surface area contributed by atoms with E-state index in [1.54, 1.807) is 0 Å². The molecule has 0 saturated heterocycles. The number of nitrogens with one attached hydrogen (secondary N) is 1. The Bertz CT molecular complexity index is 540. The van der Waals surface area contributed by atoms with Crippen molar-refractivity contribution >= 4 is 0 Å². The third-order valence-electron chi connectivity index (χ3n) is 2.54. The lowest BCUT2D eigenvalue weighted by molar-refractivity contribution is 0.505. The number of rotatable bonds is 4. The van der Waals surface area contributed by atoms with Crippen LogP contribution < -0.4 is 5.32 Å². The molecule has 1 unspecified atom stereocenters. The van der Waals surface area contributed by atoms with Gasteiger partial charge < -0.3 is 5.32 Å². The van der Waals surface area contributed by atoms with Gasteiger partial charge in [0, 0.05) is 6.07 Å². The molecule has 1 aromatic carbocycles. The Morgan fingerprint density at radius 1 is 1.33 bits per heavy atom. The van der Waals surface area contributed by atoms with E-state index in [9.17, 15) is 8.78 Å². The van der Waals surface area contributed by atoms with E-state index >= 15 is 0 Å². The Morgan fingerprint density at radius 2 is 2.11 bits per heavy atom. The predicted octanol–water partition coefficient (Wildman–Crippen LogP) is 1.61. The van der Waals surface area contributed by atoms with Crippen molar-refractivity contribution in [2.75, 3.05) is 6.54 Å². The molecular formula is C11H13F2N5. The fourth-order valence-corrected chi connectivity index (χ4v) is 1.66. The number of hydrogen-bond acceptors (Lipinski definition) is 4. The lowest BCUT2D eigenvalue weighted by atomic mass is 10.2. The first-order valence-corrected chi connectivity index (χ1v) is 5.60. The van der Waals surface area contributed by atoms with E-state index in [2.05, 4.69) is 20.8 Å². The number of benzene rings is 1. The second-order valence-corrected chi connectivity index (χ2v) is 3.83. The summed E-state index contributed by atoms with van der Waals surface area (Å²) in [5, 5.41) is 14.4. The van der Waals surface area contributed by atoms with Crippen LogP contribution >= 0.6 is 0 Å². The van der Waals surface area contributed by atoms with Crippen molar-refractivity contribution in [3.8, 4) is 5.69 Å². The molecule has 1 heterocycles. The predicted molar refractivity (Wildman–Crippen MR) is 61.2 cm³/mol. The van der Waals surface area contributed by atoms with Gasteiger partial charge in [-0.1, -0.05) is 6.92 Å². The van der Waals surface area contributed by atoms with Gasteiger partial charge in [-0.2, -0.15) is 4.68 Å². The molecule has 7 heteroatoms. The number of aromatic nitrogens is 4. The monoisotopic (exact) mass is 253 g/mol. The number of hydrogen-bond donors (Lipinski definition) is 1. The van der Waals surface area contributed by atoms with Crippen molar-refractivity contribution < 1.29 is 8.78 Å². The summed E-state index contributed by atoms with van der Waals surface area (Å²) < 4.78 is 27.4. The Morgan fingerprint density at radius 3 is 2.78 bits per heavy atom. The molecule has 1 atom stereocenters. The minimum atomic E-state index is -0.926. The first-order chi connectivity index (χ1) is 8.63. The molecule has 0 aliphatic heterocycles. The SMILES string of the molecule is CCNC(C)c1nnnn1-c1ccc(F)c(F)c1. The second-order valence-electron chi connectivity index (χ2n) is 3.83. The summed E-state index contributed by atoms with van der Waals surface area (Å²) in [6.45, 7) is 4.61. The number of tetrazole rings is 1. The van der Waals surface area contributed by atoms with Gasteiger partial charge in [-0.3, -0.25) is 0 Å². The van der Waals surface area contributed by atoms with Crippen LogP contribution in [0.4, 0.5) is 8.78 Å². The van der Waals surface area contributed by atoms with Crippen molar-refractivity contribution in [2.24, 2.45) is 0 Å². The number of nitrogens with zero attached hydrogens (tertiary/aromatic N) is 4. The van der Waals surface area contributed by atoms with Crippen LogP contribution in [0, 0.1) is 11.6 Å². The highest BCUT2D eigenvalue weighted by molar-refractivity contribution is 5.32. The van der Waals surface area contributed by atoms with Crippen molar-refractivity contribution in [1.29, 1.82) is 0 Å². The quantitative estimate of drug-likeness (QED) is 0.899. The molecule has 96 valence electrons. The van der Waals surface area contributed by atoms with Gasteiger partial charge in [0.05, 0.1) is 11.7 Å². The summed E-state index contributed by atoms with van der Waals surface area (Å²) in [5.74, 6) is -1.28. The van der Waals surface area contributed by atoms with Gasteiger partial charge in [0.25, 0.3) is 0 Å². The van der Waals surface area contributed by atoms with Crippen LogP contribution in [-0.2, 0) is 0 Å². The Kier molecular flexibility index (Phi) is 3.61. The first-order valence-electron chi connectivity index (χ1n) is 5.60. The second kappa shape index (κ2) is 5.18. The molecule has 0 radical (unpaired) electrons. The molecule has 0 fully saturated rings. The Hall–Kier alpha value is -1.89. The summed E-state index contributed by atoms with van der Waals surface area (Å²) in [6, 6.07) is 3.46. The van der Waals surface area contributed by atoms with E-state index in [4.69, 9.17) is 0 Å². The zero-order valence-electron chi connectivity index (χ0n) is 10.1. The Labute approximate surface area is 103 Å². The maximum absolute atomic E-state index is 13.2. The minimum absolute atomic E-state index is 0.0851. The molecule has 2 aromatic rings. The molecule has 2 rings (SSSR count). The molecule has 0 amide bonds. The van der Waals surface area contributed by atoms with Crippen molar-refractivity contribution in [3.05, 3.63) is 35.7 Å². The molecule has 0 aliphatic rings. The molecule has 18 heavy (non-hydrogen) atoms. The van der Waals surface area contributed by atoms with Crippen LogP contribution in [0.15, 0.2) is 18.2 Å². The molecule has 0 bridgehead atoms. The molecule has 0 spiro atoms. The fraction of sp³-hybridized carbons (Fsp3) is 0.364. The maximum Gasteiger partial charge on any atom is 0.173 e. The zero-order valence-corrected chi connectivity index (χ0v) is 10.1. The van der Waals surface area contributed by atoms with E-state index in [-0.39, 0.29) is 6.04 Å². The molecule has 5 nitrogen and oxygen atoms in total. The highest BCUT2D eigenvalue weighted by Gasteiger charge is 2.15. The van der Waals surface area contributed by atoms with Crippen LogP contribution in [0.3, 0.4) is 0 Å². The summed E-state index contributed by atoms with van der Waals surface area (Å²) in [6.07, 6.45) is 0. The van der Waals surface area contributed by atoms with Crippen LogP contribution in [0.25, 0.3) is 5.69 Å². The summed E-state index contributed by atoms with van der Waals surface area (Å²) in [4.78, 5) is 0. The maximum atomic E-state index is 13.2. The standard InChI is InChI=1S/C11H13F2N5/c1-3-14-7(2)11-15-16-17-18(11)8-4-5-9(12)10(13)6-8/h4-7,14H,3H2,1-2H3. The normalized spacial score (nSPS) is 12.7. The lowest BCUT2D eigenvalue weighted by Gasteiger charge is -2.12. The van der Waals surface area contributed by atoms with E-state index in [1.807, 2.05) is 13.8 Å². The van der Waals surface area contributed by atoms with Gasteiger partial charge in [0.2, 0.25) is 0 Å². The zero-order chi connectivity index (χ0) is 13.1. The Balaban J connectivity index is 2.39. The minimum Gasteiger partial charge on any atom is -0.308 e. The highest BCUT2D eigenvalue weighted by Crippen LogP contribution is 2.16. The first kappa shape index (κ1) is 12.6. The van der Waals surface area contributed by atoms with E-state index in [0.717, 1.165) is 18.7 Å². The average molecular weight is 253 g/mol. The summed E-state index contributed by atoms with van der Waals surface area (Å²) >= 11 is 0. The van der Waals surface area contributed by atoms with Gasteiger partial charge in [-0.15, -0.1) is 5.10 Å². The summed E-state index contributed by atoms with van der Waals surface area (Å²) in [7, 11) is 0. The third-order valence-corrected chi connectivity index (χ3v) is 2.54. The van der Waals surface area contributed by atoms with Gasteiger partial charge in [0.1, 0.15) is 0 Å². The smallest absolute Gasteiger partial charge is 0.173 e. The van der Waals surface area contributed by atoms with E-state index < -0.39 is 11.6 Å². The molecular weight excluding hydrogens is 240 g/mol. The van der Waals surface area contributed by atoms with E-state index in [1.165, 1.54) is 10.7 Å². The van der Waals surface area contributed by atoms with E-state index in [0.29, 0.717) is 11.5 Å². The average Bonchev–Trinajstić information content (AvgIpc) is 2.82. The van der Waals surface area contributed by atoms with Crippen LogP contribution in [0.5, 0.6) is 0 Å². The van der Waals surface area contributed by atoms with Crippen molar-refractivity contribution in [1.82, 2.24) is 25.5 Å². The van der Waals surface area contributed by atoms with Crippen LogP contribution in [0.1, 0.15) is 25.7 Å². The van der Waals surface area contributed by atoms with Crippen LogP contribution in [-0.4, -0.2) is 26.8 Å². The number of halogens is 2. The van der Waals surface area contributed by atoms with Gasteiger partial charge in [-0.05, 0) is 36.0 Å². The fourth-order valence-electron chi connectivity index (χ4n) is 1.66. The highest BCUT2D eigenvalue weighted by atomic mass is 19.2. The third kappa shape index (κ3) is 2.35. The van der Waals surface area contributed by atoms with Crippen molar-refractivity contribution in [2.45, 2.75) is 19.9 Å². The van der Waals surface area contributed by atoms with Gasteiger partial charge >= 0.3 is 0 Å². The summed E-state index contributed by atoms with van der Waals surface area (Å²) in [5.41, 5.74) is 0.388. The topological polar surface area (TPSA) is 55.6 Å². The lowest BCUT2D eigenvalue weighted by Crippen LogP contribution is -2.21.